The minimum Gasteiger partial charge on any atom is -0.335 e. The van der Waals surface area contributed by atoms with Crippen molar-refractivity contribution in [2.45, 2.75) is 62.9 Å². The molecule has 0 spiro atoms. The highest BCUT2D eigenvalue weighted by Crippen LogP contribution is 2.29. The molecule has 2 heterocycles. The van der Waals surface area contributed by atoms with Gasteiger partial charge in [-0.1, -0.05) is 26.0 Å². The number of sulfonamides is 1. The fraction of sp³-hybridized carbons (Fsp3) is 0.650. The summed E-state index contributed by atoms with van der Waals surface area (Å²) in [4.78, 5) is 15.2. The number of nitrogens with one attached hydrogen (secondary N) is 1. The van der Waals surface area contributed by atoms with Crippen molar-refractivity contribution >= 4 is 15.9 Å². The van der Waals surface area contributed by atoms with Gasteiger partial charge in [0.2, 0.25) is 15.9 Å². The van der Waals surface area contributed by atoms with Crippen molar-refractivity contribution in [3.05, 3.63) is 29.8 Å². The van der Waals surface area contributed by atoms with E-state index in [9.17, 15) is 13.2 Å². The van der Waals surface area contributed by atoms with E-state index in [-0.39, 0.29) is 5.91 Å². The fourth-order valence-corrected chi connectivity index (χ4v) is 5.77. The van der Waals surface area contributed by atoms with Crippen LogP contribution in [0.2, 0.25) is 0 Å². The highest BCUT2D eigenvalue weighted by Gasteiger charge is 2.37. The normalized spacial score (nSPS) is 22.9. The van der Waals surface area contributed by atoms with Crippen LogP contribution in [0.25, 0.3) is 0 Å². The van der Waals surface area contributed by atoms with Crippen molar-refractivity contribution in [1.82, 2.24) is 14.5 Å². The van der Waals surface area contributed by atoms with Crippen LogP contribution in [0.15, 0.2) is 29.2 Å². The molecular formula is C20H31N3O3S. The molecule has 2 bridgehead atoms. The summed E-state index contributed by atoms with van der Waals surface area (Å²) in [7, 11) is -3.43. The van der Waals surface area contributed by atoms with E-state index >= 15 is 0 Å². The second-order valence-electron chi connectivity index (χ2n) is 7.41. The van der Waals surface area contributed by atoms with Crippen LogP contribution in [0, 0.1) is 0 Å². The van der Waals surface area contributed by atoms with Crippen LogP contribution in [0.4, 0.5) is 0 Å². The Morgan fingerprint density at radius 2 is 1.78 bits per heavy atom. The first-order chi connectivity index (χ1) is 13.0. The molecule has 0 aliphatic carbocycles. The van der Waals surface area contributed by atoms with E-state index in [1.807, 2.05) is 26.0 Å². The zero-order valence-corrected chi connectivity index (χ0v) is 17.2. The van der Waals surface area contributed by atoms with E-state index in [4.69, 9.17) is 0 Å². The summed E-state index contributed by atoms with van der Waals surface area (Å²) in [5.74, 6) is 0.228. The largest absolute Gasteiger partial charge is 0.335 e. The van der Waals surface area contributed by atoms with Gasteiger partial charge in [-0.2, -0.15) is 4.31 Å². The second-order valence-corrected chi connectivity index (χ2v) is 9.35. The molecule has 1 amide bonds. The summed E-state index contributed by atoms with van der Waals surface area (Å²) in [6.45, 7) is 6.50. The number of amides is 1. The molecule has 6 nitrogen and oxygen atoms in total. The quantitative estimate of drug-likeness (QED) is 0.769. The predicted molar refractivity (Wildman–Crippen MR) is 106 cm³/mol. The molecule has 0 saturated carbocycles. The van der Waals surface area contributed by atoms with E-state index in [0.717, 1.165) is 37.9 Å². The van der Waals surface area contributed by atoms with Crippen LogP contribution in [0.3, 0.4) is 0 Å². The highest BCUT2D eigenvalue weighted by molar-refractivity contribution is 7.89. The number of benzene rings is 1. The minimum atomic E-state index is -3.43. The van der Waals surface area contributed by atoms with Gasteiger partial charge in [-0.25, -0.2) is 8.42 Å². The lowest BCUT2D eigenvalue weighted by Crippen LogP contribution is -2.42. The molecule has 2 aliphatic heterocycles. The molecule has 1 aromatic carbocycles. The average Bonchev–Trinajstić information content (AvgIpc) is 2.93. The number of nitrogens with zero attached hydrogens (tertiary/aromatic N) is 2. The number of rotatable bonds is 7. The van der Waals surface area contributed by atoms with Crippen LogP contribution >= 0.6 is 0 Å². The van der Waals surface area contributed by atoms with E-state index in [0.29, 0.717) is 42.9 Å². The van der Waals surface area contributed by atoms with Gasteiger partial charge in [0, 0.05) is 38.1 Å². The van der Waals surface area contributed by atoms with Crippen LogP contribution < -0.4 is 5.32 Å². The first-order valence-corrected chi connectivity index (χ1v) is 11.5. The summed E-state index contributed by atoms with van der Waals surface area (Å²) in [5, 5.41) is 3.42. The van der Waals surface area contributed by atoms with Gasteiger partial charge in [0.1, 0.15) is 0 Å². The molecule has 2 aliphatic rings. The maximum absolute atomic E-state index is 12.8. The molecule has 3 rings (SSSR count). The summed E-state index contributed by atoms with van der Waals surface area (Å²) in [6.07, 6.45) is 4.39. The lowest BCUT2D eigenvalue weighted by Gasteiger charge is -2.28. The van der Waals surface area contributed by atoms with Crippen molar-refractivity contribution in [2.75, 3.05) is 26.2 Å². The fourth-order valence-electron chi connectivity index (χ4n) is 4.31. The Balaban J connectivity index is 1.61. The summed E-state index contributed by atoms with van der Waals surface area (Å²) in [6, 6.07) is 7.72. The molecule has 2 atom stereocenters. The van der Waals surface area contributed by atoms with Crippen molar-refractivity contribution in [3.63, 3.8) is 0 Å². The Labute approximate surface area is 163 Å². The zero-order chi connectivity index (χ0) is 19.4. The van der Waals surface area contributed by atoms with Crippen molar-refractivity contribution in [1.29, 1.82) is 0 Å². The van der Waals surface area contributed by atoms with Crippen LogP contribution in [-0.4, -0.2) is 61.8 Å². The molecule has 7 heteroatoms. The first kappa shape index (κ1) is 20.3. The van der Waals surface area contributed by atoms with E-state index in [2.05, 4.69) is 10.2 Å². The van der Waals surface area contributed by atoms with Crippen molar-refractivity contribution < 1.29 is 13.2 Å². The molecule has 1 N–H and O–H groups in total. The lowest BCUT2D eigenvalue weighted by molar-refractivity contribution is -0.133. The minimum absolute atomic E-state index is 0.228. The third-order valence-corrected chi connectivity index (χ3v) is 7.90. The van der Waals surface area contributed by atoms with Crippen molar-refractivity contribution in [2.24, 2.45) is 0 Å². The molecule has 2 fully saturated rings. The third kappa shape index (κ3) is 4.36. The van der Waals surface area contributed by atoms with Crippen LogP contribution in [-0.2, 0) is 21.2 Å². The maximum Gasteiger partial charge on any atom is 0.243 e. The van der Waals surface area contributed by atoms with Crippen LogP contribution in [0.1, 0.15) is 45.1 Å². The molecule has 150 valence electrons. The molecular weight excluding hydrogens is 362 g/mol. The standard InChI is InChI=1S/C20H31N3O3S/c1-3-22(4-2)27(25,26)19-10-5-16(6-11-19)7-12-20(24)23-17-8-9-18(23)15-21-14-13-17/h5-6,10-11,17-18,21H,3-4,7-9,12-15H2,1-2H3. The van der Waals surface area contributed by atoms with E-state index in [1.54, 1.807) is 12.1 Å². The Morgan fingerprint density at radius 1 is 1.11 bits per heavy atom. The number of hydrogen-bond donors (Lipinski definition) is 1. The van der Waals surface area contributed by atoms with Gasteiger partial charge in [-0.3, -0.25) is 4.79 Å². The molecule has 27 heavy (non-hydrogen) atoms. The van der Waals surface area contributed by atoms with Gasteiger partial charge < -0.3 is 10.2 Å². The topological polar surface area (TPSA) is 69.7 Å². The summed E-state index contributed by atoms with van der Waals surface area (Å²) < 4.78 is 26.6. The number of carbonyl (C=O) groups is 1. The highest BCUT2D eigenvalue weighted by atomic mass is 32.2. The average molecular weight is 394 g/mol. The Morgan fingerprint density at radius 3 is 2.44 bits per heavy atom. The van der Waals surface area contributed by atoms with Crippen molar-refractivity contribution in [3.8, 4) is 0 Å². The van der Waals surface area contributed by atoms with Gasteiger partial charge in [0.25, 0.3) is 0 Å². The van der Waals surface area contributed by atoms with Gasteiger partial charge in [-0.05, 0) is 49.9 Å². The second kappa shape index (κ2) is 8.71. The number of fused-ring (bicyclic) bond motifs is 2. The third-order valence-electron chi connectivity index (χ3n) is 5.84. The Hall–Kier alpha value is -1.44. The monoisotopic (exact) mass is 393 g/mol. The molecule has 0 aromatic heterocycles. The van der Waals surface area contributed by atoms with Gasteiger partial charge in [-0.15, -0.1) is 0 Å². The number of hydrogen-bond acceptors (Lipinski definition) is 4. The molecule has 2 saturated heterocycles. The molecule has 1 aromatic rings. The van der Waals surface area contributed by atoms with E-state index < -0.39 is 10.0 Å². The van der Waals surface area contributed by atoms with Gasteiger partial charge in [0.15, 0.2) is 0 Å². The molecule has 0 radical (unpaired) electrons. The Bertz CT molecular complexity index is 730. The maximum atomic E-state index is 12.8. The molecule has 2 unspecified atom stereocenters. The van der Waals surface area contributed by atoms with Gasteiger partial charge in [0.05, 0.1) is 4.90 Å². The SMILES string of the molecule is CCN(CC)S(=O)(=O)c1ccc(CCC(=O)N2C3CCNCC2CC3)cc1. The number of carbonyl (C=O) groups excluding carboxylic acids is 1. The zero-order valence-electron chi connectivity index (χ0n) is 16.4. The van der Waals surface area contributed by atoms with Gasteiger partial charge >= 0.3 is 0 Å². The Kier molecular flexibility index (Phi) is 6.55. The summed E-state index contributed by atoms with van der Waals surface area (Å²) in [5.41, 5.74) is 1.00. The predicted octanol–water partition coefficient (Wildman–Crippen LogP) is 2.00. The first-order valence-electron chi connectivity index (χ1n) is 10.1. The van der Waals surface area contributed by atoms with Crippen LogP contribution in [0.5, 0.6) is 0 Å². The smallest absolute Gasteiger partial charge is 0.243 e. The lowest BCUT2D eigenvalue weighted by atomic mass is 10.1. The summed E-state index contributed by atoms with van der Waals surface area (Å²) >= 11 is 0. The van der Waals surface area contributed by atoms with E-state index in [1.165, 1.54) is 4.31 Å². The number of aryl methyl sites for hydroxylation is 1.